The number of benzene rings is 1. The maximum Gasteiger partial charge on any atom is 0.414 e. The first-order valence-corrected chi connectivity index (χ1v) is 8.02. The summed E-state index contributed by atoms with van der Waals surface area (Å²) in [7, 11) is 0. The van der Waals surface area contributed by atoms with Gasteiger partial charge in [0.05, 0.1) is 0 Å². The summed E-state index contributed by atoms with van der Waals surface area (Å²) in [6.07, 6.45) is -0.680. The van der Waals surface area contributed by atoms with Crippen LogP contribution in [0.1, 0.15) is 40.6 Å². The Bertz CT molecular complexity index is 1050. The lowest BCUT2D eigenvalue weighted by atomic mass is 10.1. The number of aromatic nitrogens is 1. The number of carboxylic acids is 2. The molecule has 1 aliphatic heterocycles. The van der Waals surface area contributed by atoms with E-state index in [0.29, 0.717) is 23.4 Å². The molecule has 0 amide bonds. The van der Waals surface area contributed by atoms with Gasteiger partial charge in [-0.25, -0.2) is 9.59 Å². The molecule has 3 rings (SSSR count). The first-order chi connectivity index (χ1) is 15.6. The molecular weight excluding hydrogens is 348 g/mol. The third kappa shape index (κ3) is 6.07. The predicted molar refractivity (Wildman–Crippen MR) is 101 cm³/mol. The number of aliphatic carboxylic acids is 2. The molecule has 7 nitrogen and oxygen atoms in total. The van der Waals surface area contributed by atoms with Crippen LogP contribution < -0.4 is 0 Å². The van der Waals surface area contributed by atoms with E-state index in [9.17, 15) is 0 Å². The molecule has 0 aliphatic carbocycles. The third-order valence-electron chi connectivity index (χ3n) is 3.72. The number of rotatable bonds is 4. The molecule has 0 fully saturated rings. The zero-order valence-corrected chi connectivity index (χ0v) is 14.6. The van der Waals surface area contributed by atoms with Crippen molar-refractivity contribution in [2.75, 3.05) is 19.6 Å². The van der Waals surface area contributed by atoms with Gasteiger partial charge in [-0.15, -0.1) is 0 Å². The molecule has 0 radical (unpaired) electrons. The van der Waals surface area contributed by atoms with Crippen molar-refractivity contribution in [2.45, 2.75) is 26.6 Å². The van der Waals surface area contributed by atoms with E-state index in [-0.39, 0.29) is 13.1 Å². The number of hydrogen-bond acceptors (Lipinski definition) is 5. The monoisotopic (exact) mass is 379 g/mol. The molecule has 1 aromatic heterocycles. The van der Waals surface area contributed by atoms with Crippen molar-refractivity contribution in [3.8, 4) is 11.3 Å². The number of carboxylic acid groups (broad SMARTS) is 2. The molecule has 1 aromatic carbocycles. The first kappa shape index (κ1) is 12.5. The molecule has 0 unspecified atom stereocenters. The Morgan fingerprint density at radius 2 is 2.00 bits per heavy atom. The third-order valence-corrected chi connectivity index (χ3v) is 3.72. The Kier molecular flexibility index (Phi) is 4.47. The lowest BCUT2D eigenvalue weighted by Gasteiger charge is -2.25. The minimum absolute atomic E-state index is 0.0329. The van der Waals surface area contributed by atoms with Crippen molar-refractivity contribution in [3.63, 3.8) is 0 Å². The molecular formula is C20H24N2O5. The van der Waals surface area contributed by atoms with E-state index >= 15 is 0 Å². The maximum atomic E-state index is 9.10. The molecule has 2 heterocycles. The highest BCUT2D eigenvalue weighted by atomic mass is 16.5. The van der Waals surface area contributed by atoms with Crippen LogP contribution in [0.25, 0.3) is 16.8 Å². The second-order valence-electron chi connectivity index (χ2n) is 5.73. The standard InChI is InChI=1S/C18H22N2O.C2H2O4/c1-3-10-20-11-4-5-16(13-20)18-12-17(19-21-18)15-8-6-14(2)7-9-15;3-1(4)2(5)6/h5-9,12H,3-4,10-11,13H2,1-2H3;(H,3,4)(H,5,6)/i1D3,3D2,10D2;. The average Bonchev–Trinajstić information content (AvgIpc) is 3.24. The molecule has 0 saturated carbocycles. The molecule has 0 saturated heterocycles. The fourth-order valence-corrected chi connectivity index (χ4v) is 2.38. The van der Waals surface area contributed by atoms with Crippen molar-refractivity contribution in [1.82, 2.24) is 10.1 Å². The van der Waals surface area contributed by atoms with Crippen molar-refractivity contribution in [2.24, 2.45) is 0 Å². The maximum absolute atomic E-state index is 9.10. The summed E-state index contributed by atoms with van der Waals surface area (Å²) in [6, 6.07) is 9.56. The molecule has 2 aromatic rings. The first-order valence-electron chi connectivity index (χ1n) is 11.5. The number of nitrogens with zero attached hydrogens (tertiary/aromatic N) is 2. The Morgan fingerprint density at radius 1 is 1.30 bits per heavy atom. The quantitative estimate of drug-likeness (QED) is 0.785. The van der Waals surface area contributed by atoms with Gasteiger partial charge in [0.1, 0.15) is 5.69 Å². The van der Waals surface area contributed by atoms with Crippen LogP contribution >= 0.6 is 0 Å². The van der Waals surface area contributed by atoms with Crippen LogP contribution in [0, 0.1) is 6.92 Å². The molecule has 144 valence electrons. The fourth-order valence-electron chi connectivity index (χ4n) is 2.38. The largest absolute Gasteiger partial charge is 0.473 e. The van der Waals surface area contributed by atoms with Crippen LogP contribution in [-0.2, 0) is 9.59 Å². The Labute approximate surface area is 167 Å². The van der Waals surface area contributed by atoms with Crippen LogP contribution in [0.4, 0.5) is 0 Å². The molecule has 27 heavy (non-hydrogen) atoms. The highest BCUT2D eigenvalue weighted by Crippen LogP contribution is 2.26. The minimum atomic E-state index is -3.08. The topological polar surface area (TPSA) is 104 Å². The van der Waals surface area contributed by atoms with Gasteiger partial charge < -0.3 is 14.7 Å². The van der Waals surface area contributed by atoms with E-state index in [2.05, 4.69) is 5.16 Å². The normalized spacial score (nSPS) is 19.4. The van der Waals surface area contributed by atoms with Gasteiger partial charge in [-0.3, -0.25) is 4.90 Å². The fraction of sp³-hybridized carbons (Fsp3) is 0.350. The summed E-state index contributed by atoms with van der Waals surface area (Å²) in [4.78, 5) is 19.4. The van der Waals surface area contributed by atoms with Gasteiger partial charge in [-0.2, -0.15) is 0 Å². The summed E-state index contributed by atoms with van der Waals surface area (Å²) >= 11 is 0. The summed E-state index contributed by atoms with van der Waals surface area (Å²) in [5.74, 6) is -3.18. The second-order valence-corrected chi connectivity index (χ2v) is 5.73. The van der Waals surface area contributed by atoms with E-state index in [1.807, 2.05) is 37.3 Å². The van der Waals surface area contributed by atoms with Gasteiger partial charge in [-0.1, -0.05) is 47.9 Å². The second kappa shape index (κ2) is 9.68. The summed E-state index contributed by atoms with van der Waals surface area (Å²) in [5.41, 5.74) is 3.32. The van der Waals surface area contributed by atoms with E-state index < -0.39 is 31.7 Å². The highest BCUT2D eigenvalue weighted by Gasteiger charge is 2.17. The number of hydrogen-bond donors (Lipinski definition) is 2. The van der Waals surface area contributed by atoms with E-state index in [0.717, 1.165) is 11.1 Å². The van der Waals surface area contributed by atoms with Crippen molar-refractivity contribution < 1.29 is 33.9 Å². The van der Waals surface area contributed by atoms with E-state index in [4.69, 9.17) is 33.9 Å². The lowest BCUT2D eigenvalue weighted by molar-refractivity contribution is -0.159. The molecule has 0 bridgehead atoms. The smallest absolute Gasteiger partial charge is 0.414 e. The summed E-state index contributed by atoms with van der Waals surface area (Å²) in [6.45, 7) is -3.51. The van der Waals surface area contributed by atoms with E-state index in [1.165, 1.54) is 4.90 Å². The van der Waals surface area contributed by atoms with E-state index in [1.54, 1.807) is 6.07 Å². The zero-order chi connectivity index (χ0) is 25.9. The minimum Gasteiger partial charge on any atom is -0.473 e. The summed E-state index contributed by atoms with van der Waals surface area (Å²) < 4.78 is 59.6. The van der Waals surface area contributed by atoms with Gasteiger partial charge in [0, 0.05) is 39.9 Å². The Balaban J connectivity index is 0.000000604. The zero-order valence-electron chi connectivity index (χ0n) is 21.6. The highest BCUT2D eigenvalue weighted by molar-refractivity contribution is 6.27. The molecule has 7 heteroatoms. The molecule has 2 N–H and O–H groups in total. The summed E-state index contributed by atoms with van der Waals surface area (Å²) in [5, 5.41) is 18.9. The number of carbonyl (C=O) groups is 2. The number of aryl methyl sites for hydroxylation is 1. The average molecular weight is 379 g/mol. The van der Waals surface area contributed by atoms with Crippen LogP contribution in [0.3, 0.4) is 0 Å². The van der Waals surface area contributed by atoms with Gasteiger partial charge in [0.25, 0.3) is 0 Å². The van der Waals surface area contributed by atoms with Crippen LogP contribution in [0.15, 0.2) is 40.9 Å². The molecule has 0 atom stereocenters. The van der Waals surface area contributed by atoms with Gasteiger partial charge in [-0.05, 0) is 26.2 Å². The lowest BCUT2D eigenvalue weighted by Crippen LogP contribution is -2.30. The van der Waals surface area contributed by atoms with Crippen molar-refractivity contribution in [3.05, 3.63) is 47.7 Å². The molecule has 1 aliphatic rings. The Hall–Kier alpha value is -2.93. The predicted octanol–water partition coefficient (Wildman–Crippen LogP) is 3.30. The van der Waals surface area contributed by atoms with Gasteiger partial charge in [0.2, 0.25) is 0 Å². The van der Waals surface area contributed by atoms with Crippen LogP contribution in [-0.4, -0.2) is 51.8 Å². The van der Waals surface area contributed by atoms with Gasteiger partial charge >= 0.3 is 11.9 Å². The molecule has 0 spiro atoms. The van der Waals surface area contributed by atoms with Crippen molar-refractivity contribution >= 4 is 17.5 Å². The van der Waals surface area contributed by atoms with Crippen LogP contribution in [0.5, 0.6) is 0 Å². The van der Waals surface area contributed by atoms with Gasteiger partial charge in [0.15, 0.2) is 5.76 Å². The van der Waals surface area contributed by atoms with Crippen molar-refractivity contribution in [1.29, 1.82) is 0 Å². The SMILES string of the molecule is O=C(O)C(=O)O.[2H]C([2H])([2H])C([2H])([2H])C([2H])([2H])N1CCC=C(c2cc(-c3ccc(C)cc3)no2)C1. The van der Waals surface area contributed by atoms with Crippen LogP contribution in [0.2, 0.25) is 0 Å². The Morgan fingerprint density at radius 3 is 2.63 bits per heavy atom.